The van der Waals surface area contributed by atoms with Crippen LogP contribution in [0.2, 0.25) is 0 Å². The summed E-state index contributed by atoms with van der Waals surface area (Å²) in [5.74, 6) is 0. The van der Waals surface area contributed by atoms with Crippen LogP contribution in [0.25, 0.3) is 0 Å². The summed E-state index contributed by atoms with van der Waals surface area (Å²) in [4.78, 5) is 6.99. The maximum absolute atomic E-state index is 8.63. The predicted molar refractivity (Wildman–Crippen MR) is 49.9 cm³/mol. The lowest BCUT2D eigenvalue weighted by atomic mass is 10.5. The van der Waals surface area contributed by atoms with Crippen LogP contribution in [0.5, 0.6) is 0 Å². The number of aromatic nitrogens is 1. The van der Waals surface area contributed by atoms with Crippen molar-refractivity contribution >= 4 is 16.5 Å². The first-order valence-electron chi connectivity index (χ1n) is 4.09. The van der Waals surface area contributed by atoms with E-state index in [2.05, 4.69) is 16.0 Å². The molecule has 1 saturated heterocycles. The van der Waals surface area contributed by atoms with E-state index in [9.17, 15) is 0 Å². The molecule has 0 aliphatic carbocycles. The molecule has 5 heteroatoms. The zero-order valence-electron chi connectivity index (χ0n) is 7.06. The Kier molecular flexibility index (Phi) is 2.43. The van der Waals surface area contributed by atoms with Gasteiger partial charge in [0.25, 0.3) is 0 Å². The number of nitriles is 1. The van der Waals surface area contributed by atoms with Crippen LogP contribution >= 0.6 is 11.3 Å². The second-order valence-electron chi connectivity index (χ2n) is 2.72. The number of hydrogen-bond donors (Lipinski definition) is 0. The SMILES string of the molecule is N#Cc1cnc(N2CCOCC2)s1. The molecule has 1 aliphatic rings. The van der Waals surface area contributed by atoms with E-state index >= 15 is 0 Å². The Labute approximate surface area is 80.4 Å². The first-order valence-corrected chi connectivity index (χ1v) is 4.90. The number of morpholine rings is 1. The van der Waals surface area contributed by atoms with E-state index in [-0.39, 0.29) is 0 Å². The molecule has 1 aliphatic heterocycles. The largest absolute Gasteiger partial charge is 0.378 e. The third-order valence-electron chi connectivity index (χ3n) is 1.89. The fourth-order valence-corrected chi connectivity index (χ4v) is 1.98. The van der Waals surface area contributed by atoms with Crippen molar-refractivity contribution < 1.29 is 4.74 Å². The second-order valence-corrected chi connectivity index (χ2v) is 3.73. The molecule has 1 fully saturated rings. The zero-order chi connectivity index (χ0) is 9.10. The number of rotatable bonds is 1. The Bertz CT molecular complexity index is 324. The van der Waals surface area contributed by atoms with Gasteiger partial charge in [0.15, 0.2) is 5.13 Å². The molecule has 4 nitrogen and oxygen atoms in total. The van der Waals surface area contributed by atoms with Gasteiger partial charge >= 0.3 is 0 Å². The van der Waals surface area contributed by atoms with E-state index in [4.69, 9.17) is 10.00 Å². The van der Waals surface area contributed by atoms with Gasteiger partial charge in [0.1, 0.15) is 10.9 Å². The van der Waals surface area contributed by atoms with Crippen molar-refractivity contribution in [3.05, 3.63) is 11.1 Å². The quantitative estimate of drug-likeness (QED) is 0.666. The van der Waals surface area contributed by atoms with Gasteiger partial charge in [-0.3, -0.25) is 0 Å². The normalized spacial score (nSPS) is 17.0. The molecule has 0 N–H and O–H groups in total. The molecule has 0 atom stereocenters. The minimum absolute atomic E-state index is 0.668. The van der Waals surface area contributed by atoms with Crippen LogP contribution in [0.4, 0.5) is 5.13 Å². The van der Waals surface area contributed by atoms with Gasteiger partial charge in [-0.05, 0) is 0 Å². The summed E-state index contributed by atoms with van der Waals surface area (Å²) in [7, 11) is 0. The average molecular weight is 195 g/mol. The van der Waals surface area contributed by atoms with E-state index in [1.165, 1.54) is 11.3 Å². The summed E-state index contributed by atoms with van der Waals surface area (Å²) in [5.41, 5.74) is 0. The zero-order valence-corrected chi connectivity index (χ0v) is 7.88. The molecule has 1 aromatic heterocycles. The van der Waals surface area contributed by atoms with Gasteiger partial charge in [0.05, 0.1) is 19.4 Å². The Morgan fingerprint density at radius 2 is 2.31 bits per heavy atom. The summed E-state index contributed by atoms with van der Waals surface area (Å²) in [6.45, 7) is 3.25. The van der Waals surface area contributed by atoms with Crippen LogP contribution in [-0.4, -0.2) is 31.3 Å². The van der Waals surface area contributed by atoms with Crippen LogP contribution < -0.4 is 4.90 Å². The molecular formula is C8H9N3OS. The molecule has 0 saturated carbocycles. The van der Waals surface area contributed by atoms with E-state index < -0.39 is 0 Å². The predicted octanol–water partition coefficient (Wildman–Crippen LogP) is 0.851. The summed E-state index contributed by atoms with van der Waals surface area (Å²) in [6.07, 6.45) is 1.62. The highest BCUT2D eigenvalue weighted by Crippen LogP contribution is 2.22. The Morgan fingerprint density at radius 3 is 2.92 bits per heavy atom. The molecule has 0 unspecified atom stereocenters. The lowest BCUT2D eigenvalue weighted by Crippen LogP contribution is -2.36. The summed E-state index contributed by atoms with van der Waals surface area (Å²) in [5, 5.41) is 9.56. The second kappa shape index (κ2) is 3.73. The van der Waals surface area contributed by atoms with Gasteiger partial charge in [-0.15, -0.1) is 0 Å². The van der Waals surface area contributed by atoms with Gasteiger partial charge in [0, 0.05) is 13.1 Å². The van der Waals surface area contributed by atoms with Crippen molar-refractivity contribution in [2.24, 2.45) is 0 Å². The minimum atomic E-state index is 0.668. The smallest absolute Gasteiger partial charge is 0.186 e. The lowest BCUT2D eigenvalue weighted by molar-refractivity contribution is 0.122. The fourth-order valence-electron chi connectivity index (χ4n) is 1.22. The number of thiazole rings is 1. The summed E-state index contributed by atoms with van der Waals surface area (Å²) < 4.78 is 5.22. The molecule has 0 bridgehead atoms. The van der Waals surface area contributed by atoms with Gasteiger partial charge in [-0.25, -0.2) is 4.98 Å². The van der Waals surface area contributed by atoms with Crippen molar-refractivity contribution in [1.29, 1.82) is 5.26 Å². The first kappa shape index (κ1) is 8.48. The Balaban J connectivity index is 2.11. The van der Waals surface area contributed by atoms with Crippen LogP contribution in [0.3, 0.4) is 0 Å². The number of nitrogens with zero attached hydrogens (tertiary/aromatic N) is 3. The molecule has 0 spiro atoms. The van der Waals surface area contributed by atoms with Crippen molar-refractivity contribution in [2.45, 2.75) is 0 Å². The molecular weight excluding hydrogens is 186 g/mol. The summed E-state index contributed by atoms with van der Waals surface area (Å²) in [6, 6.07) is 2.08. The molecule has 68 valence electrons. The molecule has 0 aromatic carbocycles. The summed E-state index contributed by atoms with van der Waals surface area (Å²) >= 11 is 1.44. The van der Waals surface area contributed by atoms with Crippen molar-refractivity contribution in [1.82, 2.24) is 4.98 Å². The van der Waals surface area contributed by atoms with Crippen molar-refractivity contribution in [3.8, 4) is 6.07 Å². The van der Waals surface area contributed by atoms with Crippen molar-refractivity contribution in [2.75, 3.05) is 31.2 Å². The highest BCUT2D eigenvalue weighted by molar-refractivity contribution is 7.16. The lowest BCUT2D eigenvalue weighted by Gasteiger charge is -2.25. The van der Waals surface area contributed by atoms with Crippen LogP contribution in [0.1, 0.15) is 4.88 Å². The molecule has 2 rings (SSSR count). The van der Waals surface area contributed by atoms with Crippen LogP contribution in [0, 0.1) is 11.3 Å². The fraction of sp³-hybridized carbons (Fsp3) is 0.500. The van der Waals surface area contributed by atoms with Gasteiger partial charge in [0.2, 0.25) is 0 Å². The monoisotopic (exact) mass is 195 g/mol. The maximum atomic E-state index is 8.63. The number of hydrogen-bond acceptors (Lipinski definition) is 5. The van der Waals surface area contributed by atoms with Gasteiger partial charge in [-0.2, -0.15) is 5.26 Å². The molecule has 1 aromatic rings. The average Bonchev–Trinajstić information content (AvgIpc) is 2.67. The molecule has 0 radical (unpaired) electrons. The van der Waals surface area contributed by atoms with E-state index in [1.807, 2.05) is 0 Å². The van der Waals surface area contributed by atoms with Crippen LogP contribution in [0.15, 0.2) is 6.20 Å². The minimum Gasteiger partial charge on any atom is -0.378 e. The van der Waals surface area contributed by atoms with Crippen LogP contribution in [-0.2, 0) is 4.74 Å². The highest BCUT2D eigenvalue weighted by atomic mass is 32.1. The Morgan fingerprint density at radius 1 is 1.54 bits per heavy atom. The third kappa shape index (κ3) is 1.79. The highest BCUT2D eigenvalue weighted by Gasteiger charge is 2.14. The Hall–Kier alpha value is -1.12. The third-order valence-corrected chi connectivity index (χ3v) is 2.85. The molecule has 0 amide bonds. The molecule has 2 heterocycles. The van der Waals surface area contributed by atoms with E-state index in [0.717, 1.165) is 31.4 Å². The van der Waals surface area contributed by atoms with Crippen molar-refractivity contribution in [3.63, 3.8) is 0 Å². The van der Waals surface area contributed by atoms with Gasteiger partial charge < -0.3 is 9.64 Å². The first-order chi connectivity index (χ1) is 6.40. The number of anilines is 1. The van der Waals surface area contributed by atoms with E-state index in [0.29, 0.717) is 4.88 Å². The maximum Gasteiger partial charge on any atom is 0.186 e. The van der Waals surface area contributed by atoms with Gasteiger partial charge in [-0.1, -0.05) is 11.3 Å². The van der Waals surface area contributed by atoms with E-state index in [1.54, 1.807) is 6.20 Å². The molecule has 13 heavy (non-hydrogen) atoms. The topological polar surface area (TPSA) is 49.2 Å². The number of ether oxygens (including phenoxy) is 1. The standard InChI is InChI=1S/C8H9N3OS/c9-5-7-6-10-8(13-7)11-1-3-12-4-2-11/h6H,1-4H2.